The zero-order valence-electron chi connectivity index (χ0n) is 9.25. The minimum atomic E-state index is -0.341. The molecule has 4 heteroatoms. The highest BCUT2D eigenvalue weighted by molar-refractivity contribution is 6.12. The Kier molecular flexibility index (Phi) is 2.73. The number of carbonyl (C=O) groups excluding carboxylic acids is 1. The molecule has 1 aromatic rings. The number of halogens is 1. The van der Waals surface area contributed by atoms with Gasteiger partial charge in [-0.25, -0.2) is 4.39 Å². The Morgan fingerprint density at radius 1 is 1.44 bits per heavy atom. The van der Waals surface area contributed by atoms with Gasteiger partial charge in [0.05, 0.1) is 5.56 Å². The Morgan fingerprint density at radius 3 is 2.69 bits per heavy atom. The molecule has 1 amide bonds. The summed E-state index contributed by atoms with van der Waals surface area (Å²) in [6, 6.07) is 5.01. The first-order chi connectivity index (χ1) is 7.58. The van der Waals surface area contributed by atoms with Crippen LogP contribution in [0, 0.1) is 5.82 Å². The summed E-state index contributed by atoms with van der Waals surface area (Å²) in [4.78, 5) is 14.9. The Hall–Kier alpha value is -1.71. The molecule has 1 aliphatic rings. The Balaban J connectivity index is 2.33. The van der Waals surface area contributed by atoms with Gasteiger partial charge in [0.15, 0.2) is 0 Å². The van der Waals surface area contributed by atoms with Crippen LogP contribution in [0.4, 0.5) is 4.39 Å². The van der Waals surface area contributed by atoms with Gasteiger partial charge in [0, 0.05) is 0 Å². The van der Waals surface area contributed by atoms with Crippen molar-refractivity contribution >= 4 is 11.7 Å². The first-order valence-electron chi connectivity index (χ1n) is 5.22. The third kappa shape index (κ3) is 1.96. The summed E-state index contributed by atoms with van der Waals surface area (Å²) in [5.41, 5.74) is 1.29. The molecule has 1 aromatic carbocycles. The first kappa shape index (κ1) is 10.8. The van der Waals surface area contributed by atoms with Crippen molar-refractivity contribution in [2.45, 2.75) is 19.8 Å². The topological polar surface area (TPSA) is 41.5 Å². The molecule has 0 fully saturated rings. The summed E-state index contributed by atoms with van der Waals surface area (Å²) in [5.74, 6) is 0.0796. The van der Waals surface area contributed by atoms with Crippen molar-refractivity contribution in [1.82, 2.24) is 5.32 Å². The van der Waals surface area contributed by atoms with Gasteiger partial charge < -0.3 is 5.32 Å². The number of amides is 1. The lowest BCUT2D eigenvalue weighted by atomic mass is 10.0. The summed E-state index contributed by atoms with van der Waals surface area (Å²) in [6.07, 6.45) is 0. The average molecular weight is 220 g/mol. The van der Waals surface area contributed by atoms with E-state index in [1.165, 1.54) is 6.07 Å². The van der Waals surface area contributed by atoms with E-state index in [0.29, 0.717) is 11.4 Å². The van der Waals surface area contributed by atoms with Crippen LogP contribution in [0.25, 0.3) is 0 Å². The normalized spacial score (nSPS) is 15.2. The highest BCUT2D eigenvalue weighted by atomic mass is 19.1. The zero-order chi connectivity index (χ0) is 11.7. The third-order valence-corrected chi connectivity index (χ3v) is 2.55. The number of nitrogens with one attached hydrogen (secondary N) is 1. The van der Waals surface area contributed by atoms with Crippen LogP contribution in [-0.4, -0.2) is 18.3 Å². The van der Waals surface area contributed by atoms with Crippen molar-refractivity contribution in [1.29, 1.82) is 0 Å². The molecule has 1 heterocycles. The number of rotatable bonds is 2. The lowest BCUT2D eigenvalue weighted by Crippen LogP contribution is -2.26. The van der Waals surface area contributed by atoms with E-state index >= 15 is 0 Å². The summed E-state index contributed by atoms with van der Waals surface area (Å²) < 4.78 is 13.8. The van der Waals surface area contributed by atoms with Crippen LogP contribution in [0.15, 0.2) is 23.2 Å². The van der Waals surface area contributed by atoms with Crippen molar-refractivity contribution in [3.8, 4) is 0 Å². The predicted octanol–water partition coefficient (Wildman–Crippen LogP) is 1.83. The molecule has 16 heavy (non-hydrogen) atoms. The number of aliphatic imine (C=N–C) groups is 1. The molecule has 0 aliphatic carbocycles. The number of benzene rings is 1. The minimum absolute atomic E-state index is 0.0840. The van der Waals surface area contributed by atoms with Crippen molar-refractivity contribution in [2.75, 3.05) is 6.54 Å². The molecule has 0 spiro atoms. The van der Waals surface area contributed by atoms with Crippen LogP contribution in [0.2, 0.25) is 0 Å². The molecular formula is C12H13FN2O. The van der Waals surface area contributed by atoms with Crippen molar-refractivity contribution in [3.63, 3.8) is 0 Å². The van der Waals surface area contributed by atoms with E-state index in [0.717, 1.165) is 5.56 Å². The molecule has 1 aliphatic heterocycles. The van der Waals surface area contributed by atoms with E-state index in [-0.39, 0.29) is 24.2 Å². The van der Waals surface area contributed by atoms with Crippen LogP contribution >= 0.6 is 0 Å². The second-order valence-corrected chi connectivity index (χ2v) is 4.11. The van der Waals surface area contributed by atoms with Gasteiger partial charge in [-0.1, -0.05) is 19.9 Å². The molecule has 0 aromatic heterocycles. The Morgan fingerprint density at radius 2 is 2.19 bits per heavy atom. The van der Waals surface area contributed by atoms with Gasteiger partial charge in [-0.2, -0.15) is 0 Å². The largest absolute Gasteiger partial charge is 0.309 e. The van der Waals surface area contributed by atoms with Crippen molar-refractivity contribution in [2.24, 2.45) is 4.99 Å². The van der Waals surface area contributed by atoms with Gasteiger partial charge in [0.2, 0.25) is 5.91 Å². The molecule has 84 valence electrons. The maximum Gasteiger partial charge on any atom is 0.247 e. The second kappa shape index (κ2) is 4.04. The first-order valence-corrected chi connectivity index (χ1v) is 5.22. The number of carbonyl (C=O) groups is 1. The molecule has 2 rings (SSSR count). The zero-order valence-corrected chi connectivity index (χ0v) is 9.25. The van der Waals surface area contributed by atoms with Gasteiger partial charge in [0.25, 0.3) is 0 Å². The van der Waals surface area contributed by atoms with E-state index in [9.17, 15) is 9.18 Å². The van der Waals surface area contributed by atoms with E-state index in [2.05, 4.69) is 10.3 Å². The molecule has 0 saturated carbocycles. The summed E-state index contributed by atoms with van der Waals surface area (Å²) in [5, 5.41) is 2.53. The van der Waals surface area contributed by atoms with Crippen LogP contribution < -0.4 is 5.32 Å². The Bertz CT molecular complexity index is 466. The molecule has 1 N–H and O–H groups in total. The highest BCUT2D eigenvalue weighted by Gasteiger charge is 2.18. The van der Waals surface area contributed by atoms with Crippen molar-refractivity contribution in [3.05, 3.63) is 35.1 Å². The molecular weight excluding hydrogens is 207 g/mol. The van der Waals surface area contributed by atoms with E-state index in [1.54, 1.807) is 6.07 Å². The predicted molar refractivity (Wildman–Crippen MR) is 60.0 cm³/mol. The van der Waals surface area contributed by atoms with E-state index in [1.807, 2.05) is 19.9 Å². The molecule has 0 bridgehead atoms. The molecule has 0 saturated heterocycles. The SMILES string of the molecule is CC(C)c1ccc(C2=NCC(=O)N2)c(F)c1. The monoisotopic (exact) mass is 220 g/mol. The van der Waals surface area contributed by atoms with Crippen LogP contribution in [0.5, 0.6) is 0 Å². The van der Waals surface area contributed by atoms with Crippen LogP contribution in [-0.2, 0) is 4.79 Å². The standard InChI is InChI=1S/C12H13FN2O/c1-7(2)8-3-4-9(10(13)5-8)12-14-6-11(16)15-12/h3-5,7H,6H2,1-2H3,(H,14,15,16). The number of hydrogen-bond donors (Lipinski definition) is 1. The van der Waals surface area contributed by atoms with Gasteiger partial charge in [-0.05, 0) is 23.6 Å². The maximum atomic E-state index is 13.8. The fraction of sp³-hybridized carbons (Fsp3) is 0.333. The maximum absolute atomic E-state index is 13.8. The van der Waals surface area contributed by atoms with E-state index in [4.69, 9.17) is 0 Å². The quantitative estimate of drug-likeness (QED) is 0.811. The number of nitrogens with zero attached hydrogens (tertiary/aromatic N) is 1. The average Bonchev–Trinajstić information content (AvgIpc) is 2.64. The lowest BCUT2D eigenvalue weighted by Gasteiger charge is -2.08. The minimum Gasteiger partial charge on any atom is -0.309 e. The molecule has 3 nitrogen and oxygen atoms in total. The molecule has 0 atom stereocenters. The second-order valence-electron chi connectivity index (χ2n) is 4.11. The number of hydrogen-bond acceptors (Lipinski definition) is 2. The highest BCUT2D eigenvalue weighted by Crippen LogP contribution is 2.18. The Labute approximate surface area is 93.4 Å². The smallest absolute Gasteiger partial charge is 0.247 e. The van der Waals surface area contributed by atoms with Gasteiger partial charge >= 0.3 is 0 Å². The number of amidine groups is 1. The van der Waals surface area contributed by atoms with Gasteiger partial charge in [-0.3, -0.25) is 9.79 Å². The fourth-order valence-electron chi connectivity index (χ4n) is 1.60. The summed E-state index contributed by atoms with van der Waals surface area (Å²) in [7, 11) is 0. The van der Waals surface area contributed by atoms with Gasteiger partial charge in [0.1, 0.15) is 18.2 Å². The lowest BCUT2D eigenvalue weighted by molar-refractivity contribution is -0.117. The summed E-state index contributed by atoms with van der Waals surface area (Å²) in [6.45, 7) is 4.09. The van der Waals surface area contributed by atoms with Crippen LogP contribution in [0.1, 0.15) is 30.9 Å². The summed E-state index contributed by atoms with van der Waals surface area (Å²) >= 11 is 0. The fourth-order valence-corrected chi connectivity index (χ4v) is 1.60. The third-order valence-electron chi connectivity index (χ3n) is 2.55. The van der Waals surface area contributed by atoms with E-state index < -0.39 is 0 Å². The molecule has 0 unspecified atom stereocenters. The van der Waals surface area contributed by atoms with Crippen LogP contribution in [0.3, 0.4) is 0 Å². The van der Waals surface area contributed by atoms with Gasteiger partial charge in [-0.15, -0.1) is 0 Å². The molecule has 0 radical (unpaired) electrons. The van der Waals surface area contributed by atoms with Crippen molar-refractivity contribution < 1.29 is 9.18 Å².